The zero-order chi connectivity index (χ0) is 9.84. The van der Waals surface area contributed by atoms with E-state index in [1.165, 1.54) is 6.20 Å². The van der Waals surface area contributed by atoms with Crippen LogP contribution < -0.4 is 0 Å². The molecule has 1 aromatic rings. The molecule has 0 N–H and O–H groups in total. The monoisotopic (exact) mass is 322 g/mol. The molecule has 1 atom stereocenters. The van der Waals surface area contributed by atoms with Crippen molar-refractivity contribution in [2.45, 2.75) is 5.92 Å². The third-order valence-corrected chi connectivity index (χ3v) is 2.97. The van der Waals surface area contributed by atoms with E-state index in [4.69, 9.17) is 16.9 Å². The van der Waals surface area contributed by atoms with Crippen molar-refractivity contribution in [2.75, 3.05) is 5.33 Å². The van der Waals surface area contributed by atoms with Crippen molar-refractivity contribution in [3.8, 4) is 6.07 Å². The van der Waals surface area contributed by atoms with Gasteiger partial charge in [-0.15, -0.1) is 0 Å². The molecule has 13 heavy (non-hydrogen) atoms. The van der Waals surface area contributed by atoms with Gasteiger partial charge in [-0.3, -0.25) is 4.98 Å². The Bertz CT molecular complexity index is 348. The first-order valence-corrected chi connectivity index (χ1v) is 5.74. The number of hydrogen-bond donors (Lipinski definition) is 0. The molecule has 2 nitrogen and oxygen atoms in total. The highest BCUT2D eigenvalue weighted by Crippen LogP contribution is 2.26. The van der Waals surface area contributed by atoms with Crippen LogP contribution in [0.2, 0.25) is 5.02 Å². The standard InChI is InChI=1S/C8H5Br2ClN2/c9-2-5(3-12)8-7(10)1-6(11)4-13-8/h1,4-5H,2H2. The molecule has 0 amide bonds. The van der Waals surface area contributed by atoms with Crippen LogP contribution >= 0.6 is 43.5 Å². The van der Waals surface area contributed by atoms with Crippen LogP contribution in [0.25, 0.3) is 0 Å². The Balaban J connectivity index is 3.09. The minimum Gasteiger partial charge on any atom is -0.257 e. The van der Waals surface area contributed by atoms with E-state index in [0.717, 1.165) is 4.47 Å². The van der Waals surface area contributed by atoms with Crippen LogP contribution in [0.15, 0.2) is 16.7 Å². The third kappa shape index (κ3) is 2.67. The highest BCUT2D eigenvalue weighted by Gasteiger charge is 2.13. The predicted octanol–water partition coefficient (Wildman–Crippen LogP) is 3.50. The van der Waals surface area contributed by atoms with E-state index < -0.39 is 0 Å². The molecule has 0 bridgehead atoms. The third-order valence-electron chi connectivity index (χ3n) is 1.48. The van der Waals surface area contributed by atoms with Crippen LogP contribution in [0.5, 0.6) is 0 Å². The number of nitrogens with zero attached hydrogens (tertiary/aromatic N) is 2. The lowest BCUT2D eigenvalue weighted by Gasteiger charge is -2.06. The maximum Gasteiger partial charge on any atom is 0.0992 e. The maximum absolute atomic E-state index is 8.80. The molecule has 1 aromatic heterocycles. The van der Waals surface area contributed by atoms with Gasteiger partial charge in [-0.25, -0.2) is 0 Å². The molecular formula is C8H5Br2ClN2. The van der Waals surface area contributed by atoms with Gasteiger partial charge in [0, 0.05) is 16.0 Å². The number of alkyl halides is 1. The first kappa shape index (κ1) is 11.0. The zero-order valence-corrected chi connectivity index (χ0v) is 10.4. The van der Waals surface area contributed by atoms with E-state index >= 15 is 0 Å². The first-order valence-electron chi connectivity index (χ1n) is 3.45. The van der Waals surface area contributed by atoms with Crippen LogP contribution in [0.3, 0.4) is 0 Å². The molecule has 0 spiro atoms. The van der Waals surface area contributed by atoms with Gasteiger partial charge in [-0.05, 0) is 22.0 Å². The number of aromatic nitrogens is 1. The summed E-state index contributed by atoms with van der Waals surface area (Å²) in [7, 11) is 0. The minimum atomic E-state index is -0.244. The van der Waals surface area contributed by atoms with Crippen LogP contribution in [-0.2, 0) is 0 Å². The highest BCUT2D eigenvalue weighted by molar-refractivity contribution is 9.10. The Morgan fingerprint density at radius 3 is 2.85 bits per heavy atom. The van der Waals surface area contributed by atoms with Gasteiger partial charge in [0.05, 0.1) is 22.7 Å². The summed E-state index contributed by atoms with van der Waals surface area (Å²) in [5.41, 5.74) is 0.712. The van der Waals surface area contributed by atoms with E-state index in [1.807, 2.05) is 0 Å². The second-order valence-electron chi connectivity index (χ2n) is 2.36. The van der Waals surface area contributed by atoms with Gasteiger partial charge in [0.1, 0.15) is 0 Å². The molecule has 0 saturated carbocycles. The SMILES string of the molecule is N#CC(CBr)c1ncc(Cl)cc1Br. The summed E-state index contributed by atoms with van der Waals surface area (Å²) in [4.78, 5) is 4.09. The van der Waals surface area contributed by atoms with Crippen molar-refractivity contribution in [1.82, 2.24) is 4.98 Å². The van der Waals surface area contributed by atoms with Gasteiger partial charge < -0.3 is 0 Å². The summed E-state index contributed by atoms with van der Waals surface area (Å²) in [6.45, 7) is 0. The lowest BCUT2D eigenvalue weighted by atomic mass is 10.1. The summed E-state index contributed by atoms with van der Waals surface area (Å²) in [6.07, 6.45) is 1.54. The van der Waals surface area contributed by atoms with E-state index in [-0.39, 0.29) is 5.92 Å². The second-order valence-corrected chi connectivity index (χ2v) is 4.29. The number of nitriles is 1. The van der Waals surface area contributed by atoms with Crippen LogP contribution in [0.1, 0.15) is 11.6 Å². The fourth-order valence-electron chi connectivity index (χ4n) is 0.850. The highest BCUT2D eigenvalue weighted by atomic mass is 79.9. The molecule has 1 heterocycles. The maximum atomic E-state index is 8.80. The van der Waals surface area contributed by atoms with Crippen LogP contribution in [-0.4, -0.2) is 10.3 Å². The summed E-state index contributed by atoms with van der Waals surface area (Å²) in [5.74, 6) is -0.244. The summed E-state index contributed by atoms with van der Waals surface area (Å²) in [5, 5.41) is 9.92. The Labute approximate surface area is 98.2 Å². The van der Waals surface area contributed by atoms with Crippen molar-refractivity contribution in [1.29, 1.82) is 5.26 Å². The fourth-order valence-corrected chi connectivity index (χ4v) is 2.22. The van der Waals surface area contributed by atoms with E-state index in [9.17, 15) is 0 Å². The molecule has 0 aromatic carbocycles. The number of pyridine rings is 1. The summed E-state index contributed by atoms with van der Waals surface area (Å²) in [6, 6.07) is 3.88. The van der Waals surface area contributed by atoms with Gasteiger partial charge in [0.15, 0.2) is 0 Å². The molecule has 5 heteroatoms. The fraction of sp³-hybridized carbons (Fsp3) is 0.250. The van der Waals surface area contributed by atoms with E-state index in [0.29, 0.717) is 16.0 Å². The van der Waals surface area contributed by atoms with Gasteiger partial charge in [-0.2, -0.15) is 5.26 Å². The Morgan fingerprint density at radius 2 is 2.38 bits per heavy atom. The molecule has 1 unspecified atom stereocenters. The van der Waals surface area contributed by atoms with Gasteiger partial charge in [-0.1, -0.05) is 27.5 Å². The van der Waals surface area contributed by atoms with Gasteiger partial charge in [0.2, 0.25) is 0 Å². The predicted molar refractivity (Wildman–Crippen MR) is 59.1 cm³/mol. The van der Waals surface area contributed by atoms with Crippen molar-refractivity contribution >= 4 is 43.5 Å². The first-order chi connectivity index (χ1) is 6.19. The molecule has 0 aliphatic heterocycles. The van der Waals surface area contributed by atoms with Crippen molar-refractivity contribution in [2.24, 2.45) is 0 Å². The molecule has 0 aliphatic carbocycles. The van der Waals surface area contributed by atoms with Gasteiger partial charge >= 0.3 is 0 Å². The van der Waals surface area contributed by atoms with Crippen LogP contribution in [0.4, 0.5) is 0 Å². The molecule has 1 rings (SSSR count). The summed E-state index contributed by atoms with van der Waals surface area (Å²) >= 11 is 12.3. The molecule has 0 aliphatic rings. The number of halogens is 3. The average molecular weight is 324 g/mol. The van der Waals surface area contributed by atoms with Crippen LogP contribution in [0, 0.1) is 11.3 Å². The van der Waals surface area contributed by atoms with Crippen molar-refractivity contribution < 1.29 is 0 Å². The molecule has 0 radical (unpaired) electrons. The largest absolute Gasteiger partial charge is 0.257 e. The lowest BCUT2D eigenvalue weighted by Crippen LogP contribution is -2.00. The second kappa shape index (κ2) is 4.94. The average Bonchev–Trinajstić information content (AvgIpc) is 2.10. The van der Waals surface area contributed by atoms with Crippen molar-refractivity contribution in [3.63, 3.8) is 0 Å². The number of rotatable bonds is 2. The summed E-state index contributed by atoms with van der Waals surface area (Å²) < 4.78 is 0.769. The smallest absolute Gasteiger partial charge is 0.0992 e. The number of hydrogen-bond acceptors (Lipinski definition) is 2. The molecule has 68 valence electrons. The Kier molecular flexibility index (Phi) is 4.17. The zero-order valence-electron chi connectivity index (χ0n) is 6.47. The topological polar surface area (TPSA) is 36.7 Å². The van der Waals surface area contributed by atoms with Crippen molar-refractivity contribution in [3.05, 3.63) is 27.5 Å². The normalized spacial score (nSPS) is 12.2. The Morgan fingerprint density at radius 1 is 1.69 bits per heavy atom. The van der Waals surface area contributed by atoms with Gasteiger partial charge in [0.25, 0.3) is 0 Å². The Hall–Kier alpha value is -0.110. The molecule has 0 fully saturated rings. The molecule has 0 saturated heterocycles. The van der Waals surface area contributed by atoms with E-state index in [2.05, 4.69) is 42.9 Å². The quantitative estimate of drug-likeness (QED) is 0.781. The van der Waals surface area contributed by atoms with E-state index in [1.54, 1.807) is 6.07 Å². The minimum absolute atomic E-state index is 0.244. The lowest BCUT2D eigenvalue weighted by molar-refractivity contribution is 0.929. The molecular weight excluding hydrogens is 319 g/mol.